The Balaban J connectivity index is 4.39. The lowest BCUT2D eigenvalue weighted by atomic mass is 10.0. The van der Waals surface area contributed by atoms with Gasteiger partial charge in [0, 0.05) is 19.3 Å². The first-order valence-electron chi connectivity index (χ1n) is 32.1. The molecule has 0 heterocycles. The average molecular weight is 1020 g/mol. The van der Waals surface area contributed by atoms with Crippen molar-refractivity contribution in [3.63, 3.8) is 0 Å². The predicted molar refractivity (Wildman–Crippen MR) is 316 cm³/mol. The molecule has 0 spiro atoms. The fourth-order valence-electron chi connectivity index (χ4n) is 9.49. The molecule has 0 radical (unpaired) electrons. The van der Waals surface area contributed by atoms with E-state index in [-0.39, 0.29) is 31.1 Å². The highest BCUT2D eigenvalue weighted by Crippen LogP contribution is 2.17. The Morgan fingerprint density at radius 1 is 0.274 bits per heavy atom. The average Bonchev–Trinajstić information content (AvgIpc) is 3.39. The molecular formula is C67H122O6. The highest BCUT2D eigenvalue weighted by molar-refractivity contribution is 5.71. The van der Waals surface area contributed by atoms with Crippen LogP contribution in [0.2, 0.25) is 0 Å². The Labute approximate surface area is 454 Å². The molecule has 73 heavy (non-hydrogen) atoms. The van der Waals surface area contributed by atoms with Crippen LogP contribution in [-0.2, 0) is 28.6 Å². The molecule has 0 saturated heterocycles. The lowest BCUT2D eigenvalue weighted by Gasteiger charge is -2.18. The van der Waals surface area contributed by atoms with E-state index < -0.39 is 6.10 Å². The predicted octanol–water partition coefficient (Wildman–Crippen LogP) is 21.8. The lowest BCUT2D eigenvalue weighted by Crippen LogP contribution is -2.30. The number of ether oxygens (including phenoxy) is 3. The molecule has 0 aromatic heterocycles. The quantitative estimate of drug-likeness (QED) is 0.0261. The summed E-state index contributed by atoms with van der Waals surface area (Å²) in [6.07, 6.45) is 76.8. The van der Waals surface area contributed by atoms with Gasteiger partial charge in [0.15, 0.2) is 6.10 Å². The van der Waals surface area contributed by atoms with Crippen LogP contribution in [0.3, 0.4) is 0 Å². The van der Waals surface area contributed by atoms with Crippen LogP contribution in [0.1, 0.15) is 342 Å². The smallest absolute Gasteiger partial charge is 0.306 e. The summed E-state index contributed by atoms with van der Waals surface area (Å²) in [5, 5.41) is 0. The van der Waals surface area contributed by atoms with E-state index in [1.165, 1.54) is 218 Å². The maximum atomic E-state index is 12.9. The van der Waals surface area contributed by atoms with Crippen molar-refractivity contribution in [2.45, 2.75) is 348 Å². The first-order chi connectivity index (χ1) is 36.0. The topological polar surface area (TPSA) is 78.9 Å². The Kier molecular flexibility index (Phi) is 59.7. The number of rotatable bonds is 59. The molecule has 0 saturated carbocycles. The second-order valence-electron chi connectivity index (χ2n) is 21.7. The summed E-state index contributed by atoms with van der Waals surface area (Å²) in [6.45, 7) is 6.65. The fraction of sp³-hybridized carbons (Fsp3) is 0.836. The number of carbonyl (C=O) groups excluding carboxylic acids is 3. The van der Waals surface area contributed by atoms with Crippen LogP contribution in [-0.4, -0.2) is 37.2 Å². The second-order valence-corrected chi connectivity index (χ2v) is 21.7. The standard InChI is InChI=1S/C67H122O6/c1-4-7-10-13-16-19-22-25-28-31-33-36-39-42-45-48-51-54-57-60-66(69)72-63-64(62-71-65(68)59-56-53-50-47-44-41-38-35-30-27-24-21-18-15-12-9-6-3)73-67(70)61-58-55-52-49-46-43-40-37-34-32-29-26-23-20-17-14-11-8-5-2/h17,20,26,29,34,37,43,46,64H,4-16,18-19,21-25,27-28,30-33,35-36,38-42,44-45,47-63H2,1-3H3/b20-17-,29-26-,37-34-,46-43-. The van der Waals surface area contributed by atoms with Gasteiger partial charge in [-0.1, -0.05) is 307 Å². The van der Waals surface area contributed by atoms with Crippen LogP contribution < -0.4 is 0 Å². The summed E-state index contributed by atoms with van der Waals surface area (Å²) in [6, 6.07) is 0. The second kappa shape index (κ2) is 61.9. The van der Waals surface area contributed by atoms with Gasteiger partial charge >= 0.3 is 17.9 Å². The van der Waals surface area contributed by atoms with Crippen molar-refractivity contribution in [1.82, 2.24) is 0 Å². The van der Waals surface area contributed by atoms with Gasteiger partial charge in [-0.3, -0.25) is 14.4 Å². The minimum Gasteiger partial charge on any atom is -0.462 e. The van der Waals surface area contributed by atoms with Crippen LogP contribution in [0.5, 0.6) is 0 Å². The van der Waals surface area contributed by atoms with E-state index in [9.17, 15) is 14.4 Å². The third kappa shape index (κ3) is 60.1. The number of carbonyl (C=O) groups is 3. The molecule has 0 bridgehead atoms. The molecule has 0 aromatic carbocycles. The van der Waals surface area contributed by atoms with Gasteiger partial charge in [0.1, 0.15) is 13.2 Å². The van der Waals surface area contributed by atoms with E-state index in [0.717, 1.165) is 83.5 Å². The minimum atomic E-state index is -0.787. The van der Waals surface area contributed by atoms with Crippen LogP contribution in [0, 0.1) is 0 Å². The van der Waals surface area contributed by atoms with Gasteiger partial charge in [-0.15, -0.1) is 0 Å². The third-order valence-corrected chi connectivity index (χ3v) is 14.3. The summed E-state index contributed by atoms with van der Waals surface area (Å²) in [7, 11) is 0. The minimum absolute atomic E-state index is 0.0812. The number of esters is 3. The van der Waals surface area contributed by atoms with Crippen molar-refractivity contribution in [3.05, 3.63) is 48.6 Å². The van der Waals surface area contributed by atoms with Crippen molar-refractivity contribution < 1.29 is 28.6 Å². The van der Waals surface area contributed by atoms with Gasteiger partial charge in [0.05, 0.1) is 0 Å². The molecule has 0 rings (SSSR count). The largest absolute Gasteiger partial charge is 0.462 e. The summed E-state index contributed by atoms with van der Waals surface area (Å²) in [5.74, 6) is -0.888. The zero-order valence-corrected chi connectivity index (χ0v) is 48.9. The Morgan fingerprint density at radius 2 is 0.493 bits per heavy atom. The lowest BCUT2D eigenvalue weighted by molar-refractivity contribution is -0.167. The third-order valence-electron chi connectivity index (χ3n) is 14.3. The highest BCUT2D eigenvalue weighted by atomic mass is 16.6. The molecular weight excluding hydrogens is 901 g/mol. The van der Waals surface area contributed by atoms with Crippen molar-refractivity contribution in [3.8, 4) is 0 Å². The highest BCUT2D eigenvalue weighted by Gasteiger charge is 2.19. The SMILES string of the molecule is CCCCC/C=C\C/C=C\C/C=C\C/C=C\CCCCCC(=O)OC(COC(=O)CCCCCCCCCCCCCCCCCCC)COC(=O)CCCCCCCCCCCCCCCCCCCCC. The molecule has 0 fully saturated rings. The first kappa shape index (κ1) is 70.4. The van der Waals surface area contributed by atoms with Crippen molar-refractivity contribution in [2.75, 3.05) is 13.2 Å². The summed E-state index contributed by atoms with van der Waals surface area (Å²) < 4.78 is 16.9. The fourth-order valence-corrected chi connectivity index (χ4v) is 9.49. The summed E-state index contributed by atoms with van der Waals surface area (Å²) in [5.41, 5.74) is 0. The summed E-state index contributed by atoms with van der Waals surface area (Å²) in [4.78, 5) is 38.3. The Bertz CT molecular complexity index is 1270. The maximum absolute atomic E-state index is 12.9. The van der Waals surface area contributed by atoms with Gasteiger partial charge in [-0.2, -0.15) is 0 Å². The van der Waals surface area contributed by atoms with E-state index in [2.05, 4.69) is 69.4 Å². The molecule has 0 aliphatic rings. The molecule has 0 aromatic rings. The molecule has 0 aliphatic carbocycles. The first-order valence-corrected chi connectivity index (χ1v) is 32.1. The molecule has 6 nitrogen and oxygen atoms in total. The Morgan fingerprint density at radius 3 is 0.795 bits per heavy atom. The van der Waals surface area contributed by atoms with E-state index >= 15 is 0 Å². The van der Waals surface area contributed by atoms with Crippen LogP contribution in [0.4, 0.5) is 0 Å². The van der Waals surface area contributed by atoms with Crippen LogP contribution >= 0.6 is 0 Å². The molecule has 0 N–H and O–H groups in total. The number of allylic oxidation sites excluding steroid dienone is 8. The molecule has 0 amide bonds. The van der Waals surface area contributed by atoms with Gasteiger partial charge in [0.2, 0.25) is 0 Å². The van der Waals surface area contributed by atoms with Crippen molar-refractivity contribution in [1.29, 1.82) is 0 Å². The van der Waals surface area contributed by atoms with Gasteiger partial charge in [0.25, 0.3) is 0 Å². The Hall–Kier alpha value is -2.63. The molecule has 6 heteroatoms. The molecule has 0 aliphatic heterocycles. The number of hydrogen-bond donors (Lipinski definition) is 0. The number of hydrogen-bond acceptors (Lipinski definition) is 6. The van der Waals surface area contributed by atoms with E-state index in [1.807, 2.05) is 0 Å². The van der Waals surface area contributed by atoms with Gasteiger partial charge in [-0.25, -0.2) is 0 Å². The van der Waals surface area contributed by atoms with Gasteiger partial charge < -0.3 is 14.2 Å². The monoisotopic (exact) mass is 1020 g/mol. The van der Waals surface area contributed by atoms with Crippen LogP contribution in [0.15, 0.2) is 48.6 Å². The zero-order valence-electron chi connectivity index (χ0n) is 48.9. The van der Waals surface area contributed by atoms with E-state index in [4.69, 9.17) is 14.2 Å². The number of unbranched alkanes of at least 4 members (excludes halogenated alkanes) is 40. The normalized spacial score (nSPS) is 12.3. The van der Waals surface area contributed by atoms with Crippen LogP contribution in [0.25, 0.3) is 0 Å². The van der Waals surface area contributed by atoms with E-state index in [1.54, 1.807) is 0 Å². The van der Waals surface area contributed by atoms with Crippen molar-refractivity contribution >= 4 is 17.9 Å². The van der Waals surface area contributed by atoms with Crippen molar-refractivity contribution in [2.24, 2.45) is 0 Å². The molecule has 1 unspecified atom stereocenters. The molecule has 426 valence electrons. The zero-order chi connectivity index (χ0) is 52.9. The molecule has 1 atom stereocenters. The van der Waals surface area contributed by atoms with E-state index in [0.29, 0.717) is 19.3 Å². The maximum Gasteiger partial charge on any atom is 0.306 e. The summed E-state index contributed by atoms with van der Waals surface area (Å²) >= 11 is 0. The van der Waals surface area contributed by atoms with Gasteiger partial charge in [-0.05, 0) is 64.2 Å².